The number of methoxy groups -OCH3 is 1. The lowest BCUT2D eigenvalue weighted by molar-refractivity contribution is -0.198. The fraction of sp³-hybridized carbons (Fsp3) is 0.941. The Balaban J connectivity index is 2.41. The third-order valence-corrected chi connectivity index (χ3v) is 5.75. The molecule has 0 aromatic carbocycles. The van der Waals surface area contributed by atoms with E-state index in [9.17, 15) is 9.90 Å². The van der Waals surface area contributed by atoms with Crippen molar-refractivity contribution in [1.29, 1.82) is 0 Å². The molecule has 2 amide bonds. The summed E-state index contributed by atoms with van der Waals surface area (Å²) < 4.78 is 5.62. The standard InChI is InChI=1S/C17H34N2O3/c1-15(2,12-20)9-8-10-18-14(21)19(6)13-11-17(5,22-7)16(13,3)4/h13,20H,8-12H2,1-7H3,(H,18,21). The summed E-state index contributed by atoms with van der Waals surface area (Å²) in [5.41, 5.74) is -0.309. The molecule has 0 radical (unpaired) electrons. The molecule has 22 heavy (non-hydrogen) atoms. The van der Waals surface area contributed by atoms with Gasteiger partial charge in [0.2, 0.25) is 0 Å². The third kappa shape index (κ3) is 3.74. The Labute approximate surface area is 135 Å². The molecule has 0 aromatic rings. The highest BCUT2D eigenvalue weighted by molar-refractivity contribution is 5.74. The van der Waals surface area contributed by atoms with Crippen LogP contribution in [-0.2, 0) is 4.74 Å². The Bertz CT molecular complexity index is 395. The number of nitrogens with one attached hydrogen (secondary N) is 1. The molecule has 0 bridgehead atoms. The molecule has 0 heterocycles. The van der Waals surface area contributed by atoms with Gasteiger partial charge in [-0.05, 0) is 31.6 Å². The number of carbonyl (C=O) groups excluding carboxylic acids is 1. The monoisotopic (exact) mass is 314 g/mol. The van der Waals surface area contributed by atoms with Crippen LogP contribution in [0.25, 0.3) is 0 Å². The van der Waals surface area contributed by atoms with Gasteiger partial charge in [-0.15, -0.1) is 0 Å². The van der Waals surface area contributed by atoms with Gasteiger partial charge in [-0.2, -0.15) is 0 Å². The first-order valence-electron chi connectivity index (χ1n) is 8.17. The Hall–Kier alpha value is -0.810. The molecule has 2 N–H and O–H groups in total. The minimum absolute atomic E-state index is 0.0296. The number of rotatable bonds is 7. The summed E-state index contributed by atoms with van der Waals surface area (Å²) in [6.07, 6.45) is 2.62. The lowest BCUT2D eigenvalue weighted by atomic mass is 9.55. The van der Waals surface area contributed by atoms with Gasteiger partial charge in [0.25, 0.3) is 0 Å². The maximum Gasteiger partial charge on any atom is 0.317 e. The number of hydrogen-bond acceptors (Lipinski definition) is 3. The number of hydrogen-bond donors (Lipinski definition) is 2. The molecule has 0 saturated heterocycles. The van der Waals surface area contributed by atoms with Crippen LogP contribution >= 0.6 is 0 Å². The van der Waals surface area contributed by atoms with E-state index >= 15 is 0 Å². The minimum Gasteiger partial charge on any atom is -0.396 e. The topological polar surface area (TPSA) is 61.8 Å². The maximum atomic E-state index is 12.3. The van der Waals surface area contributed by atoms with E-state index in [0.717, 1.165) is 19.3 Å². The fourth-order valence-corrected chi connectivity index (χ4v) is 3.18. The van der Waals surface area contributed by atoms with Crippen molar-refractivity contribution in [2.45, 2.75) is 65.5 Å². The summed E-state index contributed by atoms with van der Waals surface area (Å²) in [6, 6.07) is 0.157. The van der Waals surface area contributed by atoms with Crippen molar-refractivity contribution >= 4 is 6.03 Å². The van der Waals surface area contributed by atoms with Crippen LogP contribution in [-0.4, -0.2) is 55.0 Å². The quantitative estimate of drug-likeness (QED) is 0.710. The number of ether oxygens (including phenoxy) is 1. The lowest BCUT2D eigenvalue weighted by Gasteiger charge is -2.61. The average molecular weight is 314 g/mol. The smallest absolute Gasteiger partial charge is 0.317 e. The first kappa shape index (κ1) is 19.2. The zero-order valence-electron chi connectivity index (χ0n) is 15.3. The van der Waals surface area contributed by atoms with Crippen LogP contribution in [0.2, 0.25) is 0 Å². The summed E-state index contributed by atoms with van der Waals surface area (Å²) >= 11 is 0. The van der Waals surface area contributed by atoms with Gasteiger partial charge in [0.05, 0.1) is 5.60 Å². The SMILES string of the molecule is COC1(C)CC(N(C)C(=O)NCCCC(C)(C)CO)C1(C)C. The zero-order chi connectivity index (χ0) is 17.2. The minimum atomic E-state index is -0.169. The predicted octanol–water partition coefficient (Wildman–Crippen LogP) is 2.63. The molecule has 1 fully saturated rings. The predicted molar refractivity (Wildman–Crippen MR) is 88.9 cm³/mol. The Morgan fingerprint density at radius 1 is 1.41 bits per heavy atom. The summed E-state index contributed by atoms with van der Waals surface area (Å²) in [4.78, 5) is 14.1. The normalized spacial score (nSPS) is 27.2. The number of nitrogens with zero attached hydrogens (tertiary/aromatic N) is 1. The van der Waals surface area contributed by atoms with Crippen LogP contribution in [0.15, 0.2) is 0 Å². The van der Waals surface area contributed by atoms with Crippen molar-refractivity contribution in [2.75, 3.05) is 27.3 Å². The number of urea groups is 1. The van der Waals surface area contributed by atoms with Crippen molar-refractivity contribution < 1.29 is 14.6 Å². The van der Waals surface area contributed by atoms with Gasteiger partial charge in [0, 0.05) is 38.8 Å². The molecule has 2 unspecified atom stereocenters. The highest BCUT2D eigenvalue weighted by Crippen LogP contribution is 2.53. The number of aliphatic hydroxyl groups is 1. The van der Waals surface area contributed by atoms with Crippen LogP contribution in [0.4, 0.5) is 4.79 Å². The second-order valence-corrected chi connectivity index (χ2v) is 8.15. The molecule has 0 aromatic heterocycles. The van der Waals surface area contributed by atoms with E-state index in [0.29, 0.717) is 6.54 Å². The van der Waals surface area contributed by atoms with E-state index in [1.165, 1.54) is 0 Å². The van der Waals surface area contributed by atoms with Crippen molar-refractivity contribution in [1.82, 2.24) is 10.2 Å². The molecule has 0 spiro atoms. The summed E-state index contributed by atoms with van der Waals surface area (Å²) in [5, 5.41) is 12.2. The number of aliphatic hydroxyl groups excluding tert-OH is 1. The second-order valence-electron chi connectivity index (χ2n) is 8.15. The van der Waals surface area contributed by atoms with Gasteiger partial charge in [-0.25, -0.2) is 4.79 Å². The molecule has 1 aliphatic carbocycles. The zero-order valence-corrected chi connectivity index (χ0v) is 15.3. The van der Waals surface area contributed by atoms with Crippen LogP contribution in [0.3, 0.4) is 0 Å². The first-order chi connectivity index (χ1) is 10.0. The van der Waals surface area contributed by atoms with Gasteiger partial charge in [0.15, 0.2) is 0 Å². The van der Waals surface area contributed by atoms with Crippen molar-refractivity contribution in [2.24, 2.45) is 10.8 Å². The van der Waals surface area contributed by atoms with Crippen molar-refractivity contribution in [3.8, 4) is 0 Å². The van der Waals surface area contributed by atoms with E-state index in [2.05, 4.69) is 26.1 Å². The summed E-state index contributed by atoms with van der Waals surface area (Å²) in [7, 11) is 3.59. The fourth-order valence-electron chi connectivity index (χ4n) is 3.18. The van der Waals surface area contributed by atoms with Crippen LogP contribution < -0.4 is 5.32 Å². The molecule has 2 atom stereocenters. The molecule has 1 saturated carbocycles. The van der Waals surface area contributed by atoms with Crippen LogP contribution in [0.5, 0.6) is 0 Å². The highest BCUT2D eigenvalue weighted by atomic mass is 16.5. The molecule has 5 nitrogen and oxygen atoms in total. The maximum absolute atomic E-state index is 12.3. The van der Waals surface area contributed by atoms with Gasteiger partial charge in [0.1, 0.15) is 0 Å². The average Bonchev–Trinajstić information content (AvgIpc) is 2.47. The van der Waals surface area contributed by atoms with E-state index < -0.39 is 0 Å². The summed E-state index contributed by atoms with van der Waals surface area (Å²) in [6.45, 7) is 11.3. The first-order valence-corrected chi connectivity index (χ1v) is 8.17. The third-order valence-electron chi connectivity index (χ3n) is 5.75. The van der Waals surface area contributed by atoms with E-state index in [-0.39, 0.29) is 35.1 Å². The Kier molecular flexibility index (Phi) is 5.90. The highest BCUT2D eigenvalue weighted by Gasteiger charge is 2.59. The molecule has 1 aliphatic rings. The van der Waals surface area contributed by atoms with Gasteiger partial charge < -0.3 is 20.1 Å². The lowest BCUT2D eigenvalue weighted by Crippen LogP contribution is -2.69. The van der Waals surface area contributed by atoms with Crippen LogP contribution in [0.1, 0.15) is 53.9 Å². The van der Waals surface area contributed by atoms with Gasteiger partial charge in [-0.1, -0.05) is 27.7 Å². The molecule has 1 rings (SSSR count). The largest absolute Gasteiger partial charge is 0.396 e. The van der Waals surface area contributed by atoms with E-state index in [1.807, 2.05) is 20.9 Å². The number of carbonyl (C=O) groups is 1. The second kappa shape index (κ2) is 6.75. The molecule has 0 aliphatic heterocycles. The van der Waals surface area contributed by atoms with Crippen LogP contribution in [0, 0.1) is 10.8 Å². The van der Waals surface area contributed by atoms with Gasteiger partial charge >= 0.3 is 6.03 Å². The Morgan fingerprint density at radius 2 is 2.00 bits per heavy atom. The number of amides is 2. The molecular weight excluding hydrogens is 280 g/mol. The van der Waals surface area contributed by atoms with Crippen molar-refractivity contribution in [3.05, 3.63) is 0 Å². The molecule has 5 heteroatoms. The van der Waals surface area contributed by atoms with E-state index in [4.69, 9.17) is 4.74 Å². The molecular formula is C17H34N2O3. The molecule has 130 valence electrons. The van der Waals surface area contributed by atoms with Gasteiger partial charge in [-0.3, -0.25) is 0 Å². The Morgan fingerprint density at radius 3 is 2.45 bits per heavy atom. The van der Waals surface area contributed by atoms with Crippen molar-refractivity contribution in [3.63, 3.8) is 0 Å². The van der Waals surface area contributed by atoms with E-state index in [1.54, 1.807) is 12.0 Å². The summed E-state index contributed by atoms with van der Waals surface area (Å²) in [5.74, 6) is 0.